The molecule has 1 fully saturated rings. The smallest absolute Gasteiger partial charge is 0.303 e. The Labute approximate surface area is 89.3 Å². The Hall–Kier alpha value is -1.50. The van der Waals surface area contributed by atoms with Crippen molar-refractivity contribution in [2.24, 2.45) is 0 Å². The van der Waals surface area contributed by atoms with E-state index < -0.39 is 5.97 Å². The maximum absolute atomic E-state index is 11.4. The van der Waals surface area contributed by atoms with Crippen molar-refractivity contribution in [3.8, 4) is 12.3 Å². The van der Waals surface area contributed by atoms with Gasteiger partial charge in [0.25, 0.3) is 5.91 Å². The SMILES string of the molecule is C#CC(=O)N1CCCCC1CCC(=O)O. The molecule has 0 saturated carbocycles. The van der Waals surface area contributed by atoms with Crippen LogP contribution in [0.15, 0.2) is 0 Å². The molecule has 0 spiro atoms. The number of carboxylic acid groups (broad SMARTS) is 1. The van der Waals surface area contributed by atoms with E-state index in [-0.39, 0.29) is 18.4 Å². The van der Waals surface area contributed by atoms with Gasteiger partial charge in [0.2, 0.25) is 0 Å². The summed E-state index contributed by atoms with van der Waals surface area (Å²) in [5.74, 6) is 0.952. The van der Waals surface area contributed by atoms with Crippen molar-refractivity contribution in [1.29, 1.82) is 0 Å². The van der Waals surface area contributed by atoms with Gasteiger partial charge >= 0.3 is 5.97 Å². The summed E-state index contributed by atoms with van der Waals surface area (Å²) in [7, 11) is 0. The molecule has 1 saturated heterocycles. The summed E-state index contributed by atoms with van der Waals surface area (Å²) in [5.41, 5.74) is 0. The third-order valence-corrected chi connectivity index (χ3v) is 2.70. The molecule has 82 valence electrons. The minimum atomic E-state index is -0.825. The molecule has 4 heteroatoms. The number of aliphatic carboxylic acids is 1. The van der Waals surface area contributed by atoms with Gasteiger partial charge in [0, 0.05) is 19.0 Å². The molecule has 0 aliphatic carbocycles. The number of piperidine rings is 1. The number of hydrogen-bond donors (Lipinski definition) is 1. The molecule has 1 atom stereocenters. The Morgan fingerprint density at radius 2 is 2.20 bits per heavy atom. The summed E-state index contributed by atoms with van der Waals surface area (Å²) >= 11 is 0. The van der Waals surface area contributed by atoms with E-state index in [1.54, 1.807) is 4.90 Å². The fourth-order valence-corrected chi connectivity index (χ4v) is 1.94. The molecule has 15 heavy (non-hydrogen) atoms. The summed E-state index contributed by atoms with van der Waals surface area (Å²) in [6.07, 6.45) is 8.52. The molecule has 0 aromatic carbocycles. The zero-order valence-electron chi connectivity index (χ0n) is 8.61. The number of rotatable bonds is 3. The van der Waals surface area contributed by atoms with Gasteiger partial charge in [-0.1, -0.05) is 0 Å². The molecule has 1 amide bonds. The number of amides is 1. The molecule has 1 aliphatic rings. The van der Waals surface area contributed by atoms with Crippen LogP contribution in [0.2, 0.25) is 0 Å². The fourth-order valence-electron chi connectivity index (χ4n) is 1.94. The molecule has 0 bridgehead atoms. The van der Waals surface area contributed by atoms with Crippen molar-refractivity contribution in [3.63, 3.8) is 0 Å². The van der Waals surface area contributed by atoms with Crippen molar-refractivity contribution in [2.75, 3.05) is 6.54 Å². The average molecular weight is 209 g/mol. The van der Waals surface area contributed by atoms with Crippen LogP contribution < -0.4 is 0 Å². The first-order chi connectivity index (χ1) is 7.15. The summed E-state index contributed by atoms with van der Waals surface area (Å²) < 4.78 is 0. The third-order valence-electron chi connectivity index (χ3n) is 2.70. The second-order valence-electron chi connectivity index (χ2n) is 3.72. The molecule has 1 N–H and O–H groups in total. The predicted molar refractivity (Wildman–Crippen MR) is 55.1 cm³/mol. The van der Waals surface area contributed by atoms with Crippen LogP contribution in [0.3, 0.4) is 0 Å². The van der Waals surface area contributed by atoms with Crippen molar-refractivity contribution in [1.82, 2.24) is 4.90 Å². The van der Waals surface area contributed by atoms with Gasteiger partial charge in [0.15, 0.2) is 0 Å². The zero-order valence-corrected chi connectivity index (χ0v) is 8.61. The van der Waals surface area contributed by atoms with Crippen molar-refractivity contribution >= 4 is 11.9 Å². The molecule has 0 aromatic heterocycles. The number of terminal acetylenes is 1. The zero-order chi connectivity index (χ0) is 11.3. The van der Waals surface area contributed by atoms with Gasteiger partial charge in [-0.3, -0.25) is 9.59 Å². The van der Waals surface area contributed by atoms with Crippen LogP contribution in [-0.4, -0.2) is 34.5 Å². The summed E-state index contributed by atoms with van der Waals surface area (Å²) in [5, 5.41) is 8.58. The first kappa shape index (κ1) is 11.6. The molecular formula is C11H15NO3. The fraction of sp³-hybridized carbons (Fsp3) is 0.636. The van der Waals surface area contributed by atoms with Crippen LogP contribution in [0.5, 0.6) is 0 Å². The van der Waals surface area contributed by atoms with Crippen LogP contribution in [0.1, 0.15) is 32.1 Å². The monoisotopic (exact) mass is 209 g/mol. The number of carboxylic acids is 1. The Morgan fingerprint density at radius 1 is 1.47 bits per heavy atom. The summed E-state index contributed by atoms with van der Waals surface area (Å²) in [6.45, 7) is 0.660. The van der Waals surface area contributed by atoms with Gasteiger partial charge in [0.1, 0.15) is 0 Å². The van der Waals surface area contributed by atoms with Crippen molar-refractivity contribution in [3.05, 3.63) is 0 Å². The lowest BCUT2D eigenvalue weighted by Gasteiger charge is -2.34. The number of likely N-dealkylation sites (tertiary alicyclic amines) is 1. The molecule has 1 aliphatic heterocycles. The Morgan fingerprint density at radius 3 is 2.80 bits per heavy atom. The van der Waals surface area contributed by atoms with E-state index in [0.29, 0.717) is 13.0 Å². The van der Waals surface area contributed by atoms with E-state index >= 15 is 0 Å². The summed E-state index contributed by atoms with van der Waals surface area (Å²) in [6, 6.07) is 0.0124. The maximum Gasteiger partial charge on any atom is 0.303 e. The topological polar surface area (TPSA) is 57.6 Å². The highest BCUT2D eigenvalue weighted by Crippen LogP contribution is 2.20. The van der Waals surface area contributed by atoms with Gasteiger partial charge in [-0.15, -0.1) is 6.42 Å². The molecular weight excluding hydrogens is 194 g/mol. The first-order valence-electron chi connectivity index (χ1n) is 5.14. The molecule has 1 rings (SSSR count). The second-order valence-corrected chi connectivity index (χ2v) is 3.72. The summed E-state index contributed by atoms with van der Waals surface area (Å²) in [4.78, 5) is 23.4. The Balaban J connectivity index is 2.54. The standard InChI is InChI=1S/C11H15NO3/c1-2-10(13)12-8-4-3-5-9(12)6-7-11(14)15/h1,9H,3-8H2,(H,14,15). The molecule has 0 aromatic rings. The normalized spacial score (nSPS) is 20.7. The minimum Gasteiger partial charge on any atom is -0.481 e. The molecule has 4 nitrogen and oxygen atoms in total. The Bertz CT molecular complexity index is 293. The highest BCUT2D eigenvalue weighted by molar-refractivity contribution is 5.93. The highest BCUT2D eigenvalue weighted by Gasteiger charge is 2.25. The van der Waals surface area contributed by atoms with E-state index in [1.165, 1.54) is 0 Å². The molecule has 1 unspecified atom stereocenters. The van der Waals surface area contributed by atoms with Crippen LogP contribution in [0.25, 0.3) is 0 Å². The van der Waals surface area contributed by atoms with Crippen LogP contribution in [0, 0.1) is 12.3 Å². The first-order valence-corrected chi connectivity index (χ1v) is 5.14. The lowest BCUT2D eigenvalue weighted by Crippen LogP contribution is -2.43. The van der Waals surface area contributed by atoms with Gasteiger partial charge in [0.05, 0.1) is 0 Å². The van der Waals surface area contributed by atoms with Crippen LogP contribution in [0.4, 0.5) is 0 Å². The molecule has 0 radical (unpaired) electrons. The minimum absolute atomic E-state index is 0.0124. The van der Waals surface area contributed by atoms with Crippen LogP contribution >= 0.6 is 0 Å². The Kier molecular flexibility index (Phi) is 4.17. The number of carbonyl (C=O) groups is 2. The van der Waals surface area contributed by atoms with Gasteiger partial charge in [-0.05, 0) is 31.6 Å². The van der Waals surface area contributed by atoms with Crippen molar-refractivity contribution in [2.45, 2.75) is 38.1 Å². The van der Waals surface area contributed by atoms with E-state index in [0.717, 1.165) is 19.3 Å². The number of carbonyl (C=O) groups excluding carboxylic acids is 1. The van der Waals surface area contributed by atoms with E-state index in [4.69, 9.17) is 11.5 Å². The number of nitrogens with zero attached hydrogens (tertiary/aromatic N) is 1. The lowest BCUT2D eigenvalue weighted by molar-refractivity contribution is -0.138. The van der Waals surface area contributed by atoms with Crippen LogP contribution in [-0.2, 0) is 9.59 Å². The van der Waals surface area contributed by atoms with Gasteiger partial charge in [-0.2, -0.15) is 0 Å². The van der Waals surface area contributed by atoms with Gasteiger partial charge in [-0.25, -0.2) is 0 Å². The average Bonchev–Trinajstić information content (AvgIpc) is 2.25. The van der Waals surface area contributed by atoms with E-state index in [2.05, 4.69) is 5.92 Å². The van der Waals surface area contributed by atoms with Crippen molar-refractivity contribution < 1.29 is 14.7 Å². The van der Waals surface area contributed by atoms with E-state index in [9.17, 15) is 9.59 Å². The number of hydrogen-bond acceptors (Lipinski definition) is 2. The van der Waals surface area contributed by atoms with Gasteiger partial charge < -0.3 is 10.0 Å². The molecule has 1 heterocycles. The van der Waals surface area contributed by atoms with E-state index in [1.807, 2.05) is 0 Å². The third kappa shape index (κ3) is 3.28. The quantitative estimate of drug-likeness (QED) is 0.701. The predicted octanol–water partition coefficient (Wildman–Crippen LogP) is 0.865. The lowest BCUT2D eigenvalue weighted by atomic mass is 9.98. The highest BCUT2D eigenvalue weighted by atomic mass is 16.4. The second kappa shape index (κ2) is 5.40. The maximum atomic E-state index is 11.4. The largest absolute Gasteiger partial charge is 0.481 e.